The van der Waals surface area contributed by atoms with E-state index in [2.05, 4.69) is 17.9 Å². The Bertz CT molecular complexity index is 134. The van der Waals surface area contributed by atoms with E-state index in [0.717, 1.165) is 32.5 Å². The molecule has 1 aliphatic rings. The topological polar surface area (TPSA) is 27.0 Å². The first-order chi connectivity index (χ1) is 4.86. The van der Waals surface area contributed by atoms with Crippen molar-refractivity contribution in [3.8, 4) is 6.07 Å². The van der Waals surface area contributed by atoms with E-state index in [-0.39, 0.29) is 12.4 Å². The maximum atomic E-state index is 8.58. The molecule has 0 spiro atoms. The van der Waals surface area contributed by atoms with Gasteiger partial charge in [0, 0.05) is 5.92 Å². The summed E-state index contributed by atoms with van der Waals surface area (Å²) in [7, 11) is 0. The first kappa shape index (κ1) is 10.7. The number of hydrogen-bond acceptors (Lipinski definition) is 2. The summed E-state index contributed by atoms with van der Waals surface area (Å²) < 4.78 is 0. The summed E-state index contributed by atoms with van der Waals surface area (Å²) in [6.07, 6.45) is 2.15. The molecule has 1 heterocycles. The van der Waals surface area contributed by atoms with Crippen LogP contribution in [0, 0.1) is 17.2 Å². The van der Waals surface area contributed by atoms with Gasteiger partial charge in [-0.3, -0.25) is 0 Å². The Kier molecular flexibility index (Phi) is 5.27. The smallest absolute Gasteiger partial charge is 0.0656 e. The maximum Gasteiger partial charge on any atom is 0.0656 e. The van der Waals surface area contributed by atoms with Gasteiger partial charge in [-0.1, -0.05) is 6.92 Å². The largest absolute Gasteiger partial charge is 0.304 e. The van der Waals surface area contributed by atoms with E-state index in [1.807, 2.05) is 0 Å². The van der Waals surface area contributed by atoms with Crippen molar-refractivity contribution in [1.82, 2.24) is 4.90 Å². The van der Waals surface area contributed by atoms with E-state index in [4.69, 9.17) is 5.26 Å². The second-order valence-electron chi connectivity index (χ2n) is 2.84. The number of nitrogens with zero attached hydrogens (tertiary/aromatic N) is 2. The minimum absolute atomic E-state index is 0. The quantitative estimate of drug-likeness (QED) is 0.605. The Balaban J connectivity index is 0.000001000. The molecule has 2 nitrogen and oxygen atoms in total. The third-order valence-corrected chi connectivity index (χ3v) is 2.22. The van der Waals surface area contributed by atoms with Crippen molar-refractivity contribution >= 4 is 12.4 Å². The normalized spacial score (nSPS) is 20.4. The Morgan fingerprint density at radius 2 is 2.00 bits per heavy atom. The number of likely N-dealkylation sites (tertiary alicyclic amines) is 1. The van der Waals surface area contributed by atoms with E-state index >= 15 is 0 Å². The van der Waals surface area contributed by atoms with Gasteiger partial charge in [-0.05, 0) is 32.5 Å². The lowest BCUT2D eigenvalue weighted by molar-refractivity contribution is 0.215. The molecule has 0 aliphatic carbocycles. The molecular formula is C8H15ClN2. The molecule has 1 aliphatic heterocycles. The van der Waals surface area contributed by atoms with Crippen LogP contribution in [0.1, 0.15) is 19.8 Å². The molecule has 1 fully saturated rings. The van der Waals surface area contributed by atoms with Crippen LogP contribution in [0.5, 0.6) is 0 Å². The predicted molar refractivity (Wildman–Crippen MR) is 47.7 cm³/mol. The molecule has 0 N–H and O–H groups in total. The van der Waals surface area contributed by atoms with Crippen molar-refractivity contribution in [2.24, 2.45) is 5.92 Å². The maximum absolute atomic E-state index is 8.58. The zero-order valence-corrected chi connectivity index (χ0v) is 7.73. The second kappa shape index (κ2) is 5.40. The van der Waals surface area contributed by atoms with Crippen molar-refractivity contribution in [2.45, 2.75) is 19.8 Å². The van der Waals surface area contributed by atoms with Crippen LogP contribution in [0.2, 0.25) is 0 Å². The summed E-state index contributed by atoms with van der Waals surface area (Å²) in [5, 5.41) is 8.58. The Morgan fingerprint density at radius 1 is 1.45 bits per heavy atom. The molecule has 0 saturated carbocycles. The summed E-state index contributed by atoms with van der Waals surface area (Å²) in [4.78, 5) is 2.40. The van der Waals surface area contributed by atoms with Gasteiger partial charge in [0.05, 0.1) is 6.07 Å². The highest BCUT2D eigenvalue weighted by atomic mass is 35.5. The average Bonchev–Trinajstić information content (AvgIpc) is 2.05. The van der Waals surface area contributed by atoms with E-state index < -0.39 is 0 Å². The van der Waals surface area contributed by atoms with Crippen LogP contribution < -0.4 is 0 Å². The van der Waals surface area contributed by atoms with E-state index in [1.54, 1.807) is 0 Å². The molecule has 0 radical (unpaired) electrons. The third-order valence-electron chi connectivity index (χ3n) is 2.22. The van der Waals surface area contributed by atoms with Crippen molar-refractivity contribution in [3.05, 3.63) is 0 Å². The molecule has 1 saturated heterocycles. The van der Waals surface area contributed by atoms with E-state index in [9.17, 15) is 0 Å². The molecule has 11 heavy (non-hydrogen) atoms. The molecule has 0 amide bonds. The SMILES string of the molecule is CCN1CCC(C#N)CC1.Cl. The van der Waals surface area contributed by atoms with Gasteiger partial charge in [0.1, 0.15) is 0 Å². The lowest BCUT2D eigenvalue weighted by Gasteiger charge is -2.27. The van der Waals surface area contributed by atoms with Crippen LogP contribution in [0.4, 0.5) is 0 Å². The average molecular weight is 175 g/mol. The zero-order valence-electron chi connectivity index (χ0n) is 6.92. The standard InChI is InChI=1S/C8H14N2.ClH/c1-2-10-5-3-8(7-9)4-6-10;/h8H,2-6H2,1H3;1H. The van der Waals surface area contributed by atoms with Crippen LogP contribution in [0.15, 0.2) is 0 Å². The van der Waals surface area contributed by atoms with Crippen LogP contribution in [0.3, 0.4) is 0 Å². The van der Waals surface area contributed by atoms with Gasteiger partial charge in [-0.2, -0.15) is 5.26 Å². The Labute approximate surface area is 74.6 Å². The molecule has 0 bridgehead atoms. The van der Waals surface area contributed by atoms with Crippen molar-refractivity contribution in [1.29, 1.82) is 5.26 Å². The summed E-state index contributed by atoms with van der Waals surface area (Å²) in [6.45, 7) is 5.55. The molecule has 0 aromatic carbocycles. The fourth-order valence-corrected chi connectivity index (χ4v) is 1.38. The molecule has 0 atom stereocenters. The van der Waals surface area contributed by atoms with Crippen LogP contribution >= 0.6 is 12.4 Å². The highest BCUT2D eigenvalue weighted by Gasteiger charge is 2.16. The van der Waals surface area contributed by atoms with E-state index in [0.29, 0.717) is 5.92 Å². The minimum Gasteiger partial charge on any atom is -0.304 e. The minimum atomic E-state index is 0. The monoisotopic (exact) mass is 174 g/mol. The van der Waals surface area contributed by atoms with Crippen molar-refractivity contribution < 1.29 is 0 Å². The van der Waals surface area contributed by atoms with Crippen molar-refractivity contribution in [2.75, 3.05) is 19.6 Å². The van der Waals surface area contributed by atoms with Gasteiger partial charge in [0.15, 0.2) is 0 Å². The second-order valence-corrected chi connectivity index (χ2v) is 2.84. The fraction of sp³-hybridized carbons (Fsp3) is 0.875. The highest BCUT2D eigenvalue weighted by Crippen LogP contribution is 2.14. The fourth-order valence-electron chi connectivity index (χ4n) is 1.38. The first-order valence-corrected chi connectivity index (χ1v) is 3.98. The lowest BCUT2D eigenvalue weighted by atomic mass is 9.99. The highest BCUT2D eigenvalue weighted by molar-refractivity contribution is 5.85. The molecule has 0 aromatic heterocycles. The molecule has 1 rings (SSSR count). The van der Waals surface area contributed by atoms with Crippen LogP contribution in [-0.2, 0) is 0 Å². The van der Waals surface area contributed by atoms with Gasteiger partial charge in [0.2, 0.25) is 0 Å². The van der Waals surface area contributed by atoms with Crippen LogP contribution in [0.25, 0.3) is 0 Å². The van der Waals surface area contributed by atoms with Gasteiger partial charge >= 0.3 is 0 Å². The third kappa shape index (κ3) is 3.09. The summed E-state index contributed by atoms with van der Waals surface area (Å²) in [5.74, 6) is 0.336. The van der Waals surface area contributed by atoms with Gasteiger partial charge in [-0.15, -0.1) is 12.4 Å². The number of nitriles is 1. The Hall–Kier alpha value is -0.260. The first-order valence-electron chi connectivity index (χ1n) is 3.98. The number of halogens is 1. The Morgan fingerprint density at radius 3 is 2.36 bits per heavy atom. The molecule has 0 aromatic rings. The number of hydrogen-bond donors (Lipinski definition) is 0. The van der Waals surface area contributed by atoms with E-state index in [1.165, 1.54) is 0 Å². The summed E-state index contributed by atoms with van der Waals surface area (Å²) in [5.41, 5.74) is 0. The number of rotatable bonds is 1. The molecule has 64 valence electrons. The van der Waals surface area contributed by atoms with Crippen molar-refractivity contribution in [3.63, 3.8) is 0 Å². The van der Waals surface area contributed by atoms with Gasteiger partial charge in [0.25, 0.3) is 0 Å². The lowest BCUT2D eigenvalue weighted by Crippen LogP contribution is -2.32. The predicted octanol–water partition coefficient (Wildman–Crippen LogP) is 1.66. The number of piperidine rings is 1. The van der Waals surface area contributed by atoms with Crippen LogP contribution in [-0.4, -0.2) is 24.5 Å². The summed E-state index contributed by atoms with van der Waals surface area (Å²) in [6, 6.07) is 2.32. The summed E-state index contributed by atoms with van der Waals surface area (Å²) >= 11 is 0. The zero-order chi connectivity index (χ0) is 7.40. The molecule has 0 unspecified atom stereocenters. The van der Waals surface area contributed by atoms with Gasteiger partial charge in [-0.25, -0.2) is 0 Å². The molecule has 3 heteroatoms. The molecular weight excluding hydrogens is 160 g/mol. The van der Waals surface area contributed by atoms with Gasteiger partial charge < -0.3 is 4.90 Å².